The SMILES string of the molecule is O=C(NN=Cc1ccc(OC(=O)c2cccc(F)c2)cc1)C(=Cc1cccs1)NC(=O)c1ccccc1. The molecule has 0 atom stereocenters. The molecule has 0 aliphatic carbocycles. The topological polar surface area (TPSA) is 96.9 Å². The van der Waals surface area contributed by atoms with Crippen LogP contribution in [-0.4, -0.2) is 24.0 Å². The monoisotopic (exact) mass is 513 g/mol. The smallest absolute Gasteiger partial charge is 0.343 e. The molecule has 1 heterocycles. The minimum absolute atomic E-state index is 0.0352. The van der Waals surface area contributed by atoms with E-state index >= 15 is 0 Å². The number of hydrazone groups is 1. The Balaban J connectivity index is 1.38. The molecule has 0 aliphatic rings. The van der Waals surface area contributed by atoms with Gasteiger partial charge in [0.1, 0.15) is 17.3 Å². The number of esters is 1. The summed E-state index contributed by atoms with van der Waals surface area (Å²) in [4.78, 5) is 38.3. The predicted molar refractivity (Wildman–Crippen MR) is 140 cm³/mol. The summed E-state index contributed by atoms with van der Waals surface area (Å²) in [6.07, 6.45) is 2.97. The van der Waals surface area contributed by atoms with Crippen molar-refractivity contribution in [2.24, 2.45) is 5.10 Å². The minimum Gasteiger partial charge on any atom is -0.423 e. The van der Waals surface area contributed by atoms with Crippen LogP contribution in [0.5, 0.6) is 5.75 Å². The van der Waals surface area contributed by atoms with Gasteiger partial charge >= 0.3 is 5.97 Å². The number of carbonyl (C=O) groups excluding carboxylic acids is 3. The third-order valence-electron chi connectivity index (χ3n) is 4.89. The molecule has 0 aliphatic heterocycles. The molecule has 7 nitrogen and oxygen atoms in total. The van der Waals surface area contributed by atoms with Gasteiger partial charge < -0.3 is 10.1 Å². The van der Waals surface area contributed by atoms with E-state index in [0.717, 1.165) is 10.9 Å². The summed E-state index contributed by atoms with van der Waals surface area (Å²) in [6, 6.07) is 23.8. The van der Waals surface area contributed by atoms with Gasteiger partial charge in [-0.15, -0.1) is 11.3 Å². The maximum atomic E-state index is 13.3. The van der Waals surface area contributed by atoms with Crippen LogP contribution in [-0.2, 0) is 4.79 Å². The standard InChI is InChI=1S/C28H20FN3O4S/c29-22-9-4-8-21(16-22)28(35)36-23-13-11-19(12-14-23)18-30-32-27(34)25(17-24-10-5-15-37-24)31-26(33)20-6-2-1-3-7-20/h1-18H,(H,31,33)(H,32,34). The Labute approximate surface area is 215 Å². The quantitative estimate of drug-likeness (QED) is 0.114. The summed E-state index contributed by atoms with van der Waals surface area (Å²) >= 11 is 1.42. The molecule has 3 aromatic carbocycles. The van der Waals surface area contributed by atoms with E-state index in [2.05, 4.69) is 15.8 Å². The zero-order chi connectivity index (χ0) is 26.0. The van der Waals surface area contributed by atoms with E-state index in [-0.39, 0.29) is 17.0 Å². The number of nitrogens with zero attached hydrogens (tertiary/aromatic N) is 1. The van der Waals surface area contributed by atoms with E-state index in [1.807, 2.05) is 17.5 Å². The first-order chi connectivity index (χ1) is 18.0. The number of carbonyl (C=O) groups is 3. The molecular formula is C28H20FN3O4S. The molecule has 0 spiro atoms. The molecule has 0 radical (unpaired) electrons. The second-order valence-electron chi connectivity index (χ2n) is 7.56. The fourth-order valence-electron chi connectivity index (χ4n) is 3.09. The third-order valence-corrected chi connectivity index (χ3v) is 5.71. The van der Waals surface area contributed by atoms with Crippen LogP contribution in [0.15, 0.2) is 107 Å². The second-order valence-corrected chi connectivity index (χ2v) is 8.54. The fourth-order valence-corrected chi connectivity index (χ4v) is 3.74. The van der Waals surface area contributed by atoms with Crippen LogP contribution in [0, 0.1) is 5.82 Å². The normalized spacial score (nSPS) is 11.2. The lowest BCUT2D eigenvalue weighted by Gasteiger charge is -2.08. The van der Waals surface area contributed by atoms with Gasteiger partial charge in [-0.25, -0.2) is 14.6 Å². The zero-order valence-electron chi connectivity index (χ0n) is 19.3. The molecule has 0 saturated carbocycles. The van der Waals surface area contributed by atoms with Crippen molar-refractivity contribution in [3.8, 4) is 5.75 Å². The van der Waals surface area contributed by atoms with Crippen molar-refractivity contribution in [3.05, 3.63) is 129 Å². The highest BCUT2D eigenvalue weighted by molar-refractivity contribution is 7.10. The summed E-state index contributed by atoms with van der Waals surface area (Å²) in [6.45, 7) is 0. The van der Waals surface area contributed by atoms with E-state index in [4.69, 9.17) is 4.74 Å². The number of thiophene rings is 1. The molecule has 0 bridgehead atoms. The molecule has 184 valence electrons. The third kappa shape index (κ3) is 7.30. The van der Waals surface area contributed by atoms with Crippen LogP contribution in [0.1, 0.15) is 31.2 Å². The van der Waals surface area contributed by atoms with Gasteiger partial charge in [0.05, 0.1) is 11.8 Å². The number of ether oxygens (including phenoxy) is 1. The van der Waals surface area contributed by atoms with Gasteiger partial charge in [0.25, 0.3) is 11.8 Å². The van der Waals surface area contributed by atoms with Crippen molar-refractivity contribution in [3.63, 3.8) is 0 Å². The van der Waals surface area contributed by atoms with Gasteiger partial charge in [0, 0.05) is 10.4 Å². The Bertz CT molecular complexity index is 1450. The molecule has 0 fully saturated rings. The van der Waals surface area contributed by atoms with Crippen LogP contribution in [0.2, 0.25) is 0 Å². The van der Waals surface area contributed by atoms with E-state index in [1.54, 1.807) is 60.7 Å². The van der Waals surface area contributed by atoms with Gasteiger partial charge in [-0.1, -0.05) is 30.3 Å². The molecule has 4 rings (SSSR count). The summed E-state index contributed by atoms with van der Waals surface area (Å²) < 4.78 is 18.5. The first-order valence-corrected chi connectivity index (χ1v) is 11.9. The van der Waals surface area contributed by atoms with Crippen molar-refractivity contribution in [1.29, 1.82) is 0 Å². The number of nitrogens with one attached hydrogen (secondary N) is 2. The van der Waals surface area contributed by atoms with Gasteiger partial charge in [-0.2, -0.15) is 5.10 Å². The van der Waals surface area contributed by atoms with Crippen molar-refractivity contribution >= 4 is 41.4 Å². The first-order valence-electron chi connectivity index (χ1n) is 11.0. The fraction of sp³-hybridized carbons (Fsp3) is 0. The number of hydrogen-bond acceptors (Lipinski definition) is 6. The minimum atomic E-state index is -0.684. The molecule has 2 amide bonds. The Hall–Kier alpha value is -4.89. The van der Waals surface area contributed by atoms with Crippen LogP contribution in [0.25, 0.3) is 6.08 Å². The second kappa shape index (κ2) is 12.2. The van der Waals surface area contributed by atoms with Crippen LogP contribution in [0.3, 0.4) is 0 Å². The maximum absolute atomic E-state index is 13.3. The van der Waals surface area contributed by atoms with E-state index in [0.29, 0.717) is 11.1 Å². The Morgan fingerprint density at radius 3 is 2.32 bits per heavy atom. The zero-order valence-corrected chi connectivity index (χ0v) is 20.1. The van der Waals surface area contributed by atoms with E-state index in [1.165, 1.54) is 35.8 Å². The van der Waals surface area contributed by atoms with Crippen LogP contribution in [0.4, 0.5) is 4.39 Å². The highest BCUT2D eigenvalue weighted by Crippen LogP contribution is 2.15. The molecule has 9 heteroatoms. The van der Waals surface area contributed by atoms with E-state index in [9.17, 15) is 18.8 Å². The molecule has 0 saturated heterocycles. The number of halogens is 1. The maximum Gasteiger partial charge on any atom is 0.343 e. The van der Waals surface area contributed by atoms with Crippen LogP contribution < -0.4 is 15.5 Å². The molecule has 1 aromatic heterocycles. The van der Waals surface area contributed by atoms with Crippen molar-refractivity contribution in [2.45, 2.75) is 0 Å². The highest BCUT2D eigenvalue weighted by atomic mass is 32.1. The predicted octanol–water partition coefficient (Wildman–Crippen LogP) is 5.03. The summed E-state index contributed by atoms with van der Waals surface area (Å²) in [5.74, 6) is -1.98. The summed E-state index contributed by atoms with van der Waals surface area (Å²) in [5.41, 5.74) is 3.56. The Morgan fingerprint density at radius 2 is 1.62 bits per heavy atom. The highest BCUT2D eigenvalue weighted by Gasteiger charge is 2.14. The Morgan fingerprint density at radius 1 is 0.865 bits per heavy atom. The van der Waals surface area contributed by atoms with Gasteiger partial charge in [-0.05, 0) is 77.7 Å². The Kier molecular flexibility index (Phi) is 8.30. The lowest BCUT2D eigenvalue weighted by Crippen LogP contribution is -2.32. The number of rotatable bonds is 8. The summed E-state index contributed by atoms with van der Waals surface area (Å²) in [5, 5.41) is 8.45. The van der Waals surface area contributed by atoms with Crippen LogP contribution >= 0.6 is 11.3 Å². The average molecular weight is 514 g/mol. The number of benzene rings is 3. The van der Waals surface area contributed by atoms with Gasteiger partial charge in [-0.3, -0.25) is 9.59 Å². The first kappa shape index (κ1) is 25.2. The lowest BCUT2D eigenvalue weighted by atomic mass is 10.2. The largest absolute Gasteiger partial charge is 0.423 e. The summed E-state index contributed by atoms with van der Waals surface area (Å²) in [7, 11) is 0. The molecule has 0 unspecified atom stereocenters. The van der Waals surface area contributed by atoms with Crippen molar-refractivity contribution in [1.82, 2.24) is 10.7 Å². The average Bonchev–Trinajstić information content (AvgIpc) is 3.43. The van der Waals surface area contributed by atoms with Crippen molar-refractivity contribution in [2.75, 3.05) is 0 Å². The molecule has 4 aromatic rings. The van der Waals surface area contributed by atoms with Gasteiger partial charge in [0.15, 0.2) is 0 Å². The number of hydrogen-bond donors (Lipinski definition) is 2. The molecular weight excluding hydrogens is 493 g/mol. The van der Waals surface area contributed by atoms with E-state index < -0.39 is 23.6 Å². The number of amides is 2. The van der Waals surface area contributed by atoms with Crippen molar-refractivity contribution < 1.29 is 23.5 Å². The molecule has 37 heavy (non-hydrogen) atoms. The lowest BCUT2D eigenvalue weighted by molar-refractivity contribution is -0.117. The van der Waals surface area contributed by atoms with Gasteiger partial charge in [0.2, 0.25) is 0 Å². The molecule has 2 N–H and O–H groups in total.